The lowest BCUT2D eigenvalue weighted by Gasteiger charge is -2.10. The van der Waals surface area contributed by atoms with Gasteiger partial charge in [0.05, 0.1) is 18.5 Å². The molecule has 0 bridgehead atoms. The van der Waals surface area contributed by atoms with Gasteiger partial charge in [-0.15, -0.1) is 10.2 Å². The quantitative estimate of drug-likeness (QED) is 0.424. The van der Waals surface area contributed by atoms with Gasteiger partial charge >= 0.3 is 0 Å². The van der Waals surface area contributed by atoms with E-state index in [0.29, 0.717) is 17.5 Å². The van der Waals surface area contributed by atoms with E-state index in [-0.39, 0.29) is 11.7 Å². The highest BCUT2D eigenvalue weighted by molar-refractivity contribution is 7.99. The summed E-state index contributed by atoms with van der Waals surface area (Å²) in [6, 6.07) is 18.3. The van der Waals surface area contributed by atoms with Crippen molar-refractivity contribution < 1.29 is 4.79 Å². The number of anilines is 1. The van der Waals surface area contributed by atoms with E-state index in [2.05, 4.69) is 51.8 Å². The average Bonchev–Trinajstić information content (AvgIpc) is 3.43. The summed E-state index contributed by atoms with van der Waals surface area (Å²) >= 11 is 1.34. The van der Waals surface area contributed by atoms with E-state index < -0.39 is 0 Å². The molecule has 8 heteroatoms. The largest absolute Gasteiger partial charge is 0.310 e. The minimum atomic E-state index is -0.119. The van der Waals surface area contributed by atoms with Crippen molar-refractivity contribution in [3.05, 3.63) is 83.8 Å². The molecule has 0 spiro atoms. The molecule has 2 aromatic carbocycles. The van der Waals surface area contributed by atoms with Crippen LogP contribution in [0.5, 0.6) is 0 Å². The molecule has 0 saturated carbocycles. The van der Waals surface area contributed by atoms with Crippen molar-refractivity contribution in [3.8, 4) is 5.69 Å². The first-order valence-electron chi connectivity index (χ1n) is 10.1. The molecule has 4 rings (SSSR count). The monoisotopic (exact) mass is 432 g/mol. The third-order valence-corrected chi connectivity index (χ3v) is 5.85. The molecular weight excluding hydrogens is 408 g/mol. The fourth-order valence-electron chi connectivity index (χ4n) is 3.13. The number of hydrogen-bond donors (Lipinski definition) is 1. The maximum Gasteiger partial charge on any atom is 0.235 e. The van der Waals surface area contributed by atoms with Gasteiger partial charge in [-0.25, -0.2) is 4.68 Å². The number of hydrogen-bond acceptors (Lipinski definition) is 5. The number of carbonyl (C=O) groups is 1. The van der Waals surface area contributed by atoms with Gasteiger partial charge in [-0.05, 0) is 36.6 Å². The van der Waals surface area contributed by atoms with Crippen molar-refractivity contribution in [3.63, 3.8) is 0 Å². The van der Waals surface area contributed by atoms with Crippen LogP contribution < -0.4 is 5.32 Å². The summed E-state index contributed by atoms with van der Waals surface area (Å²) in [5, 5.41) is 16.1. The van der Waals surface area contributed by atoms with Gasteiger partial charge in [0, 0.05) is 11.8 Å². The zero-order valence-corrected chi connectivity index (χ0v) is 18.3. The molecule has 1 N–H and O–H groups in total. The molecule has 7 nitrogen and oxygen atoms in total. The summed E-state index contributed by atoms with van der Waals surface area (Å²) in [7, 11) is 0. The third kappa shape index (κ3) is 5.21. The van der Waals surface area contributed by atoms with E-state index in [0.717, 1.165) is 17.7 Å². The lowest BCUT2D eigenvalue weighted by atomic mass is 10.1. The van der Waals surface area contributed by atoms with Crippen LogP contribution in [-0.2, 0) is 17.8 Å². The van der Waals surface area contributed by atoms with Crippen molar-refractivity contribution in [2.45, 2.75) is 32.0 Å². The maximum absolute atomic E-state index is 12.6. The molecular formula is C23H24N6OS. The van der Waals surface area contributed by atoms with Gasteiger partial charge in [-0.2, -0.15) is 5.10 Å². The van der Waals surface area contributed by atoms with Crippen LogP contribution in [0.15, 0.2) is 72.3 Å². The van der Waals surface area contributed by atoms with Gasteiger partial charge in [-0.3, -0.25) is 9.36 Å². The van der Waals surface area contributed by atoms with E-state index in [1.165, 1.54) is 22.9 Å². The first-order valence-corrected chi connectivity index (χ1v) is 11.1. The normalized spacial score (nSPS) is 10.9. The molecule has 0 fully saturated rings. The molecule has 1 amide bonds. The number of nitrogens with zero attached hydrogens (tertiary/aromatic N) is 5. The second-order valence-electron chi connectivity index (χ2n) is 7.20. The number of aryl methyl sites for hydroxylation is 2. The third-order valence-electron chi connectivity index (χ3n) is 4.91. The Hall–Kier alpha value is -3.39. The lowest BCUT2D eigenvalue weighted by molar-refractivity contribution is -0.113. The van der Waals surface area contributed by atoms with Crippen LogP contribution in [-0.4, -0.2) is 36.2 Å². The number of amides is 1. The number of benzene rings is 2. The Balaban J connectivity index is 1.37. The van der Waals surface area contributed by atoms with E-state index in [4.69, 9.17) is 0 Å². The maximum atomic E-state index is 12.6. The molecule has 0 aliphatic carbocycles. The zero-order chi connectivity index (χ0) is 21.6. The minimum absolute atomic E-state index is 0.119. The Morgan fingerprint density at radius 2 is 1.77 bits per heavy atom. The summed E-state index contributed by atoms with van der Waals surface area (Å²) in [6.07, 6.45) is 4.36. The number of rotatable bonds is 8. The fraction of sp³-hybridized carbons (Fsp3) is 0.217. The van der Waals surface area contributed by atoms with Crippen LogP contribution in [0, 0.1) is 6.92 Å². The van der Waals surface area contributed by atoms with Gasteiger partial charge < -0.3 is 5.32 Å². The number of aromatic nitrogens is 5. The van der Waals surface area contributed by atoms with Crippen molar-refractivity contribution in [2.75, 3.05) is 11.1 Å². The molecule has 0 unspecified atom stereocenters. The minimum Gasteiger partial charge on any atom is -0.310 e. The standard InChI is InChI=1S/C23H24N6OS/c1-3-18-6-8-19(9-7-18)14-29-21(12-13-25-29)26-22(30)15-31-23-27-24-16-28(23)20-10-4-17(2)5-11-20/h4-13,16H,3,14-15H2,1-2H3,(H,26,30). The first kappa shape index (κ1) is 20.9. The van der Waals surface area contributed by atoms with Crippen LogP contribution in [0.2, 0.25) is 0 Å². The molecule has 0 atom stereocenters. The van der Waals surface area contributed by atoms with Crippen LogP contribution in [0.25, 0.3) is 5.69 Å². The van der Waals surface area contributed by atoms with Crippen molar-refractivity contribution in [1.82, 2.24) is 24.5 Å². The van der Waals surface area contributed by atoms with E-state index >= 15 is 0 Å². The first-order chi connectivity index (χ1) is 15.1. The highest BCUT2D eigenvalue weighted by atomic mass is 32.2. The number of nitrogens with one attached hydrogen (secondary N) is 1. The van der Waals surface area contributed by atoms with E-state index in [9.17, 15) is 4.79 Å². The second kappa shape index (κ2) is 9.61. The van der Waals surface area contributed by atoms with Crippen LogP contribution >= 0.6 is 11.8 Å². The summed E-state index contributed by atoms with van der Waals surface area (Å²) in [6.45, 7) is 4.78. The van der Waals surface area contributed by atoms with Crippen molar-refractivity contribution in [1.29, 1.82) is 0 Å². The molecule has 4 aromatic rings. The molecule has 158 valence electrons. The molecule has 2 aromatic heterocycles. The Bertz CT molecular complexity index is 1150. The Labute approximate surface area is 185 Å². The Kier molecular flexibility index (Phi) is 6.47. The smallest absolute Gasteiger partial charge is 0.235 e. The molecule has 0 saturated heterocycles. The number of carbonyl (C=O) groups excluding carboxylic acids is 1. The van der Waals surface area contributed by atoms with Crippen molar-refractivity contribution in [2.24, 2.45) is 0 Å². The summed E-state index contributed by atoms with van der Waals surface area (Å²) < 4.78 is 3.67. The summed E-state index contributed by atoms with van der Waals surface area (Å²) in [5.74, 6) is 0.776. The van der Waals surface area contributed by atoms with Crippen molar-refractivity contribution >= 4 is 23.5 Å². The van der Waals surface area contributed by atoms with Gasteiger partial charge in [0.15, 0.2) is 5.16 Å². The zero-order valence-electron chi connectivity index (χ0n) is 17.5. The molecule has 0 radical (unpaired) electrons. The van der Waals surface area contributed by atoms with Gasteiger partial charge in [0.25, 0.3) is 0 Å². The second-order valence-corrected chi connectivity index (χ2v) is 8.14. The highest BCUT2D eigenvalue weighted by Gasteiger charge is 2.12. The van der Waals surface area contributed by atoms with Gasteiger partial charge in [-0.1, -0.05) is 60.6 Å². The molecule has 31 heavy (non-hydrogen) atoms. The fourth-order valence-corrected chi connectivity index (χ4v) is 3.86. The van der Waals surface area contributed by atoms with Crippen LogP contribution in [0.4, 0.5) is 5.82 Å². The SMILES string of the molecule is CCc1ccc(Cn2nccc2NC(=O)CSc2nncn2-c2ccc(C)cc2)cc1. The van der Waals surface area contributed by atoms with Gasteiger partial charge in [0.2, 0.25) is 5.91 Å². The summed E-state index contributed by atoms with van der Waals surface area (Å²) in [5.41, 5.74) is 4.58. The molecule has 2 heterocycles. The van der Waals surface area contributed by atoms with E-state index in [1.807, 2.05) is 35.8 Å². The predicted molar refractivity (Wildman–Crippen MR) is 123 cm³/mol. The highest BCUT2D eigenvalue weighted by Crippen LogP contribution is 2.20. The summed E-state index contributed by atoms with van der Waals surface area (Å²) in [4.78, 5) is 12.6. The molecule has 0 aliphatic rings. The average molecular weight is 433 g/mol. The van der Waals surface area contributed by atoms with Crippen LogP contribution in [0.3, 0.4) is 0 Å². The molecule has 0 aliphatic heterocycles. The lowest BCUT2D eigenvalue weighted by Crippen LogP contribution is -2.18. The van der Waals surface area contributed by atoms with Gasteiger partial charge in [0.1, 0.15) is 12.1 Å². The Morgan fingerprint density at radius 3 is 2.52 bits per heavy atom. The Morgan fingerprint density at radius 1 is 1.03 bits per heavy atom. The van der Waals surface area contributed by atoms with Crippen LogP contribution in [0.1, 0.15) is 23.6 Å². The topological polar surface area (TPSA) is 77.6 Å². The predicted octanol–water partition coefficient (Wildman–Crippen LogP) is 4.11. The van der Waals surface area contributed by atoms with E-state index in [1.54, 1.807) is 23.3 Å². The number of thioether (sulfide) groups is 1.